The number of nitrogens with one attached hydrogen (secondary N) is 1. The summed E-state index contributed by atoms with van der Waals surface area (Å²) in [5, 5.41) is 0. The van der Waals surface area contributed by atoms with Gasteiger partial charge in [0, 0.05) is 44.6 Å². The largest absolute Gasteiger partial charge is 0.336 e. The number of hydrogen-bond donors (Lipinski definition) is 2. The number of carbonyl (C=O) groups is 1. The molecule has 1 aromatic rings. The van der Waals surface area contributed by atoms with Crippen molar-refractivity contribution in [3.05, 3.63) is 23.5 Å². The van der Waals surface area contributed by atoms with Gasteiger partial charge in [0.2, 0.25) is 0 Å². The first-order valence-electron chi connectivity index (χ1n) is 7.46. The number of piperazine rings is 1. The van der Waals surface area contributed by atoms with E-state index in [1.807, 2.05) is 11.8 Å². The molecular weight excluding hydrogens is 266 g/mol. The lowest BCUT2D eigenvalue weighted by molar-refractivity contribution is 0.0624. The van der Waals surface area contributed by atoms with Crippen LogP contribution in [0.1, 0.15) is 29.9 Å². The molecule has 1 saturated heterocycles. The van der Waals surface area contributed by atoms with Crippen molar-refractivity contribution in [2.24, 2.45) is 11.8 Å². The first-order valence-corrected chi connectivity index (χ1v) is 7.46. The van der Waals surface area contributed by atoms with Gasteiger partial charge in [-0.3, -0.25) is 20.5 Å². The van der Waals surface area contributed by atoms with Crippen molar-refractivity contribution in [1.82, 2.24) is 14.8 Å². The number of rotatable bonds is 4. The number of nitrogen functional groups attached to an aromatic ring is 1. The Morgan fingerprint density at radius 2 is 2.05 bits per heavy atom. The van der Waals surface area contributed by atoms with Crippen LogP contribution in [0.25, 0.3) is 0 Å². The summed E-state index contributed by atoms with van der Waals surface area (Å²) in [5.74, 6) is 6.16. The minimum absolute atomic E-state index is 0.000327. The molecule has 1 aliphatic rings. The maximum Gasteiger partial charge on any atom is 0.257 e. The summed E-state index contributed by atoms with van der Waals surface area (Å²) in [4.78, 5) is 21.1. The highest BCUT2D eigenvalue weighted by atomic mass is 16.2. The van der Waals surface area contributed by atoms with Crippen LogP contribution < -0.4 is 11.3 Å². The van der Waals surface area contributed by atoms with Crippen molar-refractivity contribution in [3.8, 4) is 0 Å². The highest BCUT2D eigenvalue weighted by Crippen LogP contribution is 2.18. The van der Waals surface area contributed by atoms with Gasteiger partial charge in [-0.2, -0.15) is 0 Å². The molecule has 0 aromatic carbocycles. The van der Waals surface area contributed by atoms with Gasteiger partial charge in [-0.25, -0.2) is 0 Å². The molecule has 6 heteroatoms. The molecule has 1 fully saturated rings. The molecule has 1 amide bonds. The van der Waals surface area contributed by atoms with Crippen molar-refractivity contribution in [1.29, 1.82) is 0 Å². The van der Waals surface area contributed by atoms with Gasteiger partial charge in [-0.1, -0.05) is 13.8 Å². The average Bonchev–Trinajstić information content (AvgIpc) is 2.46. The van der Waals surface area contributed by atoms with Crippen molar-refractivity contribution < 1.29 is 4.79 Å². The summed E-state index contributed by atoms with van der Waals surface area (Å²) in [5.41, 5.74) is 4.61. The smallest absolute Gasteiger partial charge is 0.257 e. The van der Waals surface area contributed by atoms with E-state index in [-0.39, 0.29) is 5.91 Å². The fourth-order valence-corrected chi connectivity index (χ4v) is 2.67. The van der Waals surface area contributed by atoms with E-state index >= 15 is 0 Å². The summed E-state index contributed by atoms with van der Waals surface area (Å²) in [7, 11) is 0. The van der Waals surface area contributed by atoms with Crippen LogP contribution in [0, 0.1) is 12.8 Å². The van der Waals surface area contributed by atoms with Crippen molar-refractivity contribution in [3.63, 3.8) is 0 Å². The fourth-order valence-electron chi connectivity index (χ4n) is 2.67. The molecule has 0 unspecified atom stereocenters. The van der Waals surface area contributed by atoms with Crippen molar-refractivity contribution in [2.45, 2.75) is 20.8 Å². The molecular formula is C15H25N5O. The van der Waals surface area contributed by atoms with Gasteiger partial charge < -0.3 is 10.3 Å². The Morgan fingerprint density at radius 1 is 1.38 bits per heavy atom. The maximum absolute atomic E-state index is 12.6. The standard InChI is InChI=1S/C15H25N5O/c1-11(2)10-19-4-6-20(7-5-19)15(21)13-9-17-12(3)8-14(13)18-16/h8-9,11H,4-7,10,16H2,1-3H3,(H,17,18). The Bertz CT molecular complexity index is 495. The number of anilines is 1. The third-order valence-corrected chi connectivity index (χ3v) is 3.71. The number of nitrogens with zero attached hydrogens (tertiary/aromatic N) is 3. The molecule has 3 N–H and O–H groups in total. The van der Waals surface area contributed by atoms with Crippen LogP contribution >= 0.6 is 0 Å². The Hall–Kier alpha value is -1.66. The molecule has 2 heterocycles. The van der Waals surface area contributed by atoms with Gasteiger partial charge in [0.05, 0.1) is 11.3 Å². The molecule has 0 atom stereocenters. The minimum Gasteiger partial charge on any atom is -0.336 e. The van der Waals surface area contributed by atoms with Crippen LogP contribution in [-0.2, 0) is 0 Å². The predicted octanol–water partition coefficient (Wildman–Crippen LogP) is 1.09. The van der Waals surface area contributed by atoms with Crippen LogP contribution in [0.3, 0.4) is 0 Å². The van der Waals surface area contributed by atoms with Crippen LogP contribution in [0.15, 0.2) is 12.3 Å². The monoisotopic (exact) mass is 291 g/mol. The summed E-state index contributed by atoms with van der Waals surface area (Å²) in [6, 6.07) is 1.79. The lowest BCUT2D eigenvalue weighted by atomic mass is 10.1. The van der Waals surface area contributed by atoms with E-state index in [9.17, 15) is 4.79 Å². The molecule has 0 bridgehead atoms. The third kappa shape index (κ3) is 3.92. The average molecular weight is 291 g/mol. The molecule has 21 heavy (non-hydrogen) atoms. The van der Waals surface area contributed by atoms with Crippen LogP contribution in [-0.4, -0.2) is 53.4 Å². The van der Waals surface area contributed by atoms with E-state index in [1.54, 1.807) is 12.3 Å². The van der Waals surface area contributed by atoms with E-state index in [0.29, 0.717) is 17.2 Å². The second-order valence-corrected chi connectivity index (χ2v) is 6.00. The first kappa shape index (κ1) is 15.7. The second-order valence-electron chi connectivity index (χ2n) is 6.00. The van der Waals surface area contributed by atoms with Gasteiger partial charge >= 0.3 is 0 Å². The Kier molecular flexibility index (Phi) is 5.14. The van der Waals surface area contributed by atoms with Gasteiger partial charge in [-0.05, 0) is 18.9 Å². The minimum atomic E-state index is -0.000327. The zero-order chi connectivity index (χ0) is 15.4. The van der Waals surface area contributed by atoms with Crippen LogP contribution in [0.5, 0.6) is 0 Å². The summed E-state index contributed by atoms with van der Waals surface area (Å²) >= 11 is 0. The Labute approximate surface area is 126 Å². The van der Waals surface area contributed by atoms with Gasteiger partial charge in [0.1, 0.15) is 0 Å². The lowest BCUT2D eigenvalue weighted by Gasteiger charge is -2.35. The molecule has 0 radical (unpaired) electrons. The highest BCUT2D eigenvalue weighted by molar-refractivity contribution is 5.99. The van der Waals surface area contributed by atoms with Gasteiger partial charge in [-0.15, -0.1) is 0 Å². The van der Waals surface area contributed by atoms with E-state index in [1.165, 1.54) is 0 Å². The van der Waals surface area contributed by atoms with Gasteiger partial charge in [0.15, 0.2) is 0 Å². The van der Waals surface area contributed by atoms with Crippen molar-refractivity contribution in [2.75, 3.05) is 38.1 Å². The number of hydrogen-bond acceptors (Lipinski definition) is 5. The van der Waals surface area contributed by atoms with E-state index in [4.69, 9.17) is 5.84 Å². The highest BCUT2D eigenvalue weighted by Gasteiger charge is 2.24. The van der Waals surface area contributed by atoms with E-state index in [2.05, 4.69) is 29.2 Å². The Balaban J connectivity index is 2.02. The third-order valence-electron chi connectivity index (χ3n) is 3.71. The number of nitrogens with two attached hydrogens (primary N) is 1. The molecule has 1 aromatic heterocycles. The summed E-state index contributed by atoms with van der Waals surface area (Å²) in [6.45, 7) is 10.8. The summed E-state index contributed by atoms with van der Waals surface area (Å²) in [6.07, 6.45) is 1.60. The number of pyridine rings is 1. The van der Waals surface area contributed by atoms with Crippen LogP contribution in [0.4, 0.5) is 5.69 Å². The quantitative estimate of drug-likeness (QED) is 0.641. The number of amides is 1. The number of aryl methyl sites for hydroxylation is 1. The Morgan fingerprint density at radius 3 is 2.62 bits per heavy atom. The van der Waals surface area contributed by atoms with E-state index in [0.717, 1.165) is 38.4 Å². The SMILES string of the molecule is Cc1cc(NN)c(C(=O)N2CCN(CC(C)C)CC2)cn1. The topological polar surface area (TPSA) is 74.5 Å². The van der Waals surface area contributed by atoms with Gasteiger partial charge in [0.25, 0.3) is 5.91 Å². The zero-order valence-electron chi connectivity index (χ0n) is 13.1. The molecule has 0 saturated carbocycles. The first-order chi connectivity index (χ1) is 10.0. The maximum atomic E-state index is 12.6. The molecule has 0 aliphatic carbocycles. The number of hydrazine groups is 1. The normalized spacial score (nSPS) is 16.3. The fraction of sp³-hybridized carbons (Fsp3) is 0.600. The zero-order valence-corrected chi connectivity index (χ0v) is 13.1. The number of aromatic nitrogens is 1. The van der Waals surface area contributed by atoms with E-state index < -0.39 is 0 Å². The molecule has 1 aliphatic heterocycles. The predicted molar refractivity (Wildman–Crippen MR) is 84.0 cm³/mol. The number of carbonyl (C=O) groups excluding carboxylic acids is 1. The lowest BCUT2D eigenvalue weighted by Crippen LogP contribution is -2.49. The van der Waals surface area contributed by atoms with Crippen molar-refractivity contribution >= 4 is 11.6 Å². The van der Waals surface area contributed by atoms with Crippen LogP contribution in [0.2, 0.25) is 0 Å². The molecule has 116 valence electrons. The molecule has 6 nitrogen and oxygen atoms in total. The molecule has 0 spiro atoms. The summed E-state index contributed by atoms with van der Waals surface area (Å²) < 4.78 is 0. The molecule has 2 rings (SSSR count). The second kappa shape index (κ2) is 6.87.